The van der Waals surface area contributed by atoms with Gasteiger partial charge in [0, 0.05) is 16.5 Å². The van der Waals surface area contributed by atoms with Crippen LogP contribution in [-0.4, -0.2) is 10.8 Å². The van der Waals surface area contributed by atoms with E-state index < -0.39 is 0 Å². The second kappa shape index (κ2) is 6.41. The number of rotatable bonds is 3. The predicted molar refractivity (Wildman–Crippen MR) is 86.4 cm³/mol. The zero-order valence-corrected chi connectivity index (χ0v) is 12.0. The van der Waals surface area contributed by atoms with Gasteiger partial charge >= 0.3 is 0 Å². The molecule has 1 aromatic heterocycles. The minimum absolute atomic E-state index is 0. The second-order valence-electron chi connectivity index (χ2n) is 4.56. The summed E-state index contributed by atoms with van der Waals surface area (Å²) in [5, 5.41) is 1.08. The van der Waals surface area contributed by atoms with Gasteiger partial charge in [-0.2, -0.15) is 0 Å². The summed E-state index contributed by atoms with van der Waals surface area (Å²) >= 11 is 0. The zero-order valence-electron chi connectivity index (χ0n) is 11.2. The molecule has 0 atom stereocenters. The number of aromatic amines is 1. The molecule has 0 unspecified atom stereocenters. The van der Waals surface area contributed by atoms with Gasteiger partial charge in [0.1, 0.15) is 11.7 Å². The molecule has 3 aromatic rings. The lowest BCUT2D eigenvalue weighted by Gasteiger charge is -2.00. The van der Waals surface area contributed by atoms with Gasteiger partial charge in [0.2, 0.25) is 0 Å². The highest BCUT2D eigenvalue weighted by atomic mass is 35.5. The van der Waals surface area contributed by atoms with Crippen LogP contribution in [0.15, 0.2) is 59.6 Å². The van der Waals surface area contributed by atoms with E-state index in [9.17, 15) is 4.39 Å². The Bertz CT molecular complexity index is 747. The highest BCUT2D eigenvalue weighted by Crippen LogP contribution is 2.15. The van der Waals surface area contributed by atoms with Crippen molar-refractivity contribution in [2.75, 3.05) is 0 Å². The van der Waals surface area contributed by atoms with Crippen molar-refractivity contribution in [1.82, 2.24) is 4.98 Å². The number of amidine groups is 1. The van der Waals surface area contributed by atoms with Crippen molar-refractivity contribution >= 4 is 29.1 Å². The first-order valence-corrected chi connectivity index (χ1v) is 6.35. The van der Waals surface area contributed by atoms with E-state index in [1.165, 1.54) is 6.07 Å². The highest BCUT2D eigenvalue weighted by Gasteiger charge is 2.04. The fourth-order valence-corrected chi connectivity index (χ4v) is 2.09. The number of halogens is 2. The summed E-state index contributed by atoms with van der Waals surface area (Å²) in [7, 11) is 0. The van der Waals surface area contributed by atoms with Crippen LogP contribution in [0.4, 0.5) is 4.39 Å². The molecule has 0 fully saturated rings. The zero-order chi connectivity index (χ0) is 13.9. The summed E-state index contributed by atoms with van der Waals surface area (Å²) < 4.78 is 13.5. The minimum atomic E-state index is -0.263. The third kappa shape index (κ3) is 3.23. The number of nitrogens with zero attached hydrogens (tertiary/aromatic N) is 1. The monoisotopic (exact) mass is 303 g/mol. The molecule has 0 aliphatic rings. The Labute approximate surface area is 128 Å². The maximum absolute atomic E-state index is 13.5. The number of para-hydroxylation sites is 1. The lowest BCUT2D eigenvalue weighted by Crippen LogP contribution is -2.14. The molecular weight excluding hydrogens is 289 g/mol. The smallest absolute Gasteiger partial charge is 0.142 e. The summed E-state index contributed by atoms with van der Waals surface area (Å²) in [5.41, 5.74) is 8.25. The Hall–Kier alpha value is -2.33. The third-order valence-electron chi connectivity index (χ3n) is 3.18. The molecule has 0 saturated heterocycles. The lowest BCUT2D eigenvalue weighted by atomic mass is 10.2. The molecule has 0 amide bonds. The van der Waals surface area contributed by atoms with E-state index in [0.717, 1.165) is 16.6 Å². The van der Waals surface area contributed by atoms with E-state index >= 15 is 0 Å². The Morgan fingerprint density at radius 2 is 1.81 bits per heavy atom. The number of nitrogens with one attached hydrogen (secondary N) is 1. The molecule has 108 valence electrons. The predicted octanol–water partition coefficient (Wildman–Crippen LogP) is 3.63. The van der Waals surface area contributed by atoms with Gasteiger partial charge in [-0.3, -0.25) is 4.99 Å². The molecule has 2 aromatic carbocycles. The maximum Gasteiger partial charge on any atom is 0.142 e. The van der Waals surface area contributed by atoms with Crippen LogP contribution < -0.4 is 5.73 Å². The van der Waals surface area contributed by atoms with Gasteiger partial charge in [0.25, 0.3) is 0 Å². The molecule has 0 bridgehead atoms. The van der Waals surface area contributed by atoms with Gasteiger partial charge in [-0.15, -0.1) is 12.4 Å². The van der Waals surface area contributed by atoms with Crippen LogP contribution in [0.25, 0.3) is 10.9 Å². The number of aromatic nitrogens is 1. The summed E-state index contributed by atoms with van der Waals surface area (Å²) in [5.74, 6) is 0.116. The van der Waals surface area contributed by atoms with Crippen LogP contribution in [0.3, 0.4) is 0 Å². The Kier molecular flexibility index (Phi) is 4.60. The molecule has 0 aliphatic carbocycles. The third-order valence-corrected chi connectivity index (χ3v) is 3.18. The molecule has 0 radical (unpaired) electrons. The molecule has 0 saturated carbocycles. The second-order valence-corrected chi connectivity index (χ2v) is 4.56. The van der Waals surface area contributed by atoms with Crippen LogP contribution in [0.5, 0.6) is 0 Å². The van der Waals surface area contributed by atoms with Crippen molar-refractivity contribution in [3.63, 3.8) is 0 Å². The topological polar surface area (TPSA) is 54.2 Å². The molecule has 1 heterocycles. The number of hydrogen-bond acceptors (Lipinski definition) is 1. The van der Waals surface area contributed by atoms with Crippen molar-refractivity contribution in [2.24, 2.45) is 10.7 Å². The summed E-state index contributed by atoms with van der Waals surface area (Å²) in [6.45, 7) is 0.230. The van der Waals surface area contributed by atoms with Crippen molar-refractivity contribution < 1.29 is 4.39 Å². The number of hydrogen-bond donors (Lipinski definition) is 2. The minimum Gasteiger partial charge on any atom is -0.382 e. The van der Waals surface area contributed by atoms with Gasteiger partial charge in [0.05, 0.1) is 12.2 Å². The van der Waals surface area contributed by atoms with E-state index in [1.54, 1.807) is 18.2 Å². The number of aliphatic imine (C=N–C) groups is 1. The number of H-pyrrole nitrogens is 1. The molecule has 21 heavy (non-hydrogen) atoms. The number of benzene rings is 2. The van der Waals surface area contributed by atoms with Crippen molar-refractivity contribution in [2.45, 2.75) is 6.54 Å². The van der Waals surface area contributed by atoms with Gasteiger partial charge in [-0.05, 0) is 18.2 Å². The Morgan fingerprint density at radius 1 is 1.10 bits per heavy atom. The van der Waals surface area contributed by atoms with Gasteiger partial charge in [-0.25, -0.2) is 4.39 Å². The number of fused-ring (bicyclic) bond motifs is 1. The summed E-state index contributed by atoms with van der Waals surface area (Å²) in [6, 6.07) is 16.4. The average molecular weight is 304 g/mol. The molecule has 3 N–H and O–H groups in total. The molecule has 3 rings (SSSR count). The lowest BCUT2D eigenvalue weighted by molar-refractivity contribution is 0.611. The van der Waals surface area contributed by atoms with Crippen LogP contribution in [0, 0.1) is 5.82 Å². The Balaban J connectivity index is 0.00000161. The van der Waals surface area contributed by atoms with Gasteiger partial charge in [0.15, 0.2) is 0 Å². The van der Waals surface area contributed by atoms with Crippen molar-refractivity contribution in [3.05, 3.63) is 71.7 Å². The van der Waals surface area contributed by atoms with E-state index in [-0.39, 0.29) is 24.8 Å². The quantitative estimate of drug-likeness (QED) is 0.563. The van der Waals surface area contributed by atoms with Crippen LogP contribution >= 0.6 is 12.4 Å². The molecule has 5 heteroatoms. The molecule has 0 spiro atoms. The van der Waals surface area contributed by atoms with Crippen LogP contribution in [-0.2, 0) is 6.54 Å². The highest BCUT2D eigenvalue weighted by molar-refractivity contribution is 6.00. The van der Waals surface area contributed by atoms with E-state index in [4.69, 9.17) is 5.73 Å². The molecule has 3 nitrogen and oxygen atoms in total. The van der Waals surface area contributed by atoms with E-state index in [2.05, 4.69) is 9.98 Å². The van der Waals surface area contributed by atoms with Gasteiger partial charge < -0.3 is 10.7 Å². The van der Waals surface area contributed by atoms with Crippen molar-refractivity contribution in [3.8, 4) is 0 Å². The summed E-state index contributed by atoms with van der Waals surface area (Å²) in [4.78, 5) is 7.44. The SMILES string of the molecule is Cl.NC(=NCc1ccccc1F)c1cc2ccccc2[nH]1. The maximum atomic E-state index is 13.5. The first-order chi connectivity index (χ1) is 9.74. The van der Waals surface area contributed by atoms with Crippen molar-refractivity contribution in [1.29, 1.82) is 0 Å². The number of nitrogens with two attached hydrogens (primary N) is 1. The van der Waals surface area contributed by atoms with E-state index in [0.29, 0.717) is 11.4 Å². The van der Waals surface area contributed by atoms with Crippen LogP contribution in [0.2, 0.25) is 0 Å². The fraction of sp³-hybridized carbons (Fsp3) is 0.0625. The first-order valence-electron chi connectivity index (χ1n) is 6.35. The molecule has 0 aliphatic heterocycles. The fourth-order valence-electron chi connectivity index (χ4n) is 2.09. The summed E-state index contributed by atoms with van der Waals surface area (Å²) in [6.07, 6.45) is 0. The standard InChI is InChI=1S/C16H14FN3.ClH/c17-13-7-3-1-6-12(13)10-19-16(18)15-9-11-5-2-4-8-14(11)20-15;/h1-9,20H,10H2,(H2,18,19);1H. The van der Waals surface area contributed by atoms with Gasteiger partial charge in [-0.1, -0.05) is 36.4 Å². The average Bonchev–Trinajstić information content (AvgIpc) is 2.90. The Morgan fingerprint density at radius 3 is 2.57 bits per heavy atom. The normalized spacial score (nSPS) is 11.4. The molecular formula is C16H15ClFN3. The largest absolute Gasteiger partial charge is 0.382 e. The van der Waals surface area contributed by atoms with E-state index in [1.807, 2.05) is 30.3 Å². The van der Waals surface area contributed by atoms with Crippen LogP contribution in [0.1, 0.15) is 11.3 Å². The first kappa shape index (κ1) is 15.1.